The number of amides is 1. The van der Waals surface area contributed by atoms with E-state index in [0.717, 1.165) is 15.8 Å². The number of sulfone groups is 1. The standard InChI is InChI=1S/C19H20N2O4S2/c1-5-27(23,24)14-8-6-7-13(11-14)18(22)20-19-21(3)16-15(25-4)10-9-12(2)17(16)26-19/h6-11H,5H2,1-4H3. The van der Waals surface area contributed by atoms with Crippen LogP contribution in [0.3, 0.4) is 0 Å². The minimum absolute atomic E-state index is 0.0217. The van der Waals surface area contributed by atoms with E-state index in [1.54, 1.807) is 26.2 Å². The zero-order valence-electron chi connectivity index (χ0n) is 15.5. The molecule has 1 aromatic heterocycles. The fourth-order valence-electron chi connectivity index (χ4n) is 2.76. The molecule has 0 atom stereocenters. The molecule has 0 radical (unpaired) electrons. The highest BCUT2D eigenvalue weighted by molar-refractivity contribution is 7.91. The highest BCUT2D eigenvalue weighted by atomic mass is 32.2. The molecule has 0 N–H and O–H groups in total. The van der Waals surface area contributed by atoms with E-state index in [-0.39, 0.29) is 16.2 Å². The number of fused-ring (bicyclic) bond motifs is 1. The lowest BCUT2D eigenvalue weighted by Gasteiger charge is -2.05. The van der Waals surface area contributed by atoms with Crippen molar-refractivity contribution in [2.24, 2.45) is 12.0 Å². The molecule has 0 spiro atoms. The van der Waals surface area contributed by atoms with Gasteiger partial charge in [-0.25, -0.2) is 8.42 Å². The number of ether oxygens (including phenoxy) is 1. The van der Waals surface area contributed by atoms with Crippen molar-refractivity contribution < 1.29 is 17.9 Å². The summed E-state index contributed by atoms with van der Waals surface area (Å²) in [5.41, 5.74) is 2.18. The summed E-state index contributed by atoms with van der Waals surface area (Å²) < 4.78 is 32.3. The maximum atomic E-state index is 12.7. The summed E-state index contributed by atoms with van der Waals surface area (Å²) in [4.78, 5) is 17.5. The molecule has 142 valence electrons. The number of rotatable bonds is 4. The second-order valence-corrected chi connectivity index (χ2v) is 9.31. The lowest BCUT2D eigenvalue weighted by molar-refractivity contribution is 0.0997. The first kappa shape index (κ1) is 19.3. The number of hydrogen-bond donors (Lipinski definition) is 0. The van der Waals surface area contributed by atoms with Crippen LogP contribution in [0.25, 0.3) is 10.2 Å². The van der Waals surface area contributed by atoms with Gasteiger partial charge in [-0.3, -0.25) is 4.79 Å². The monoisotopic (exact) mass is 404 g/mol. The van der Waals surface area contributed by atoms with E-state index in [2.05, 4.69) is 4.99 Å². The molecule has 3 aromatic rings. The molecule has 0 unspecified atom stereocenters. The first-order chi connectivity index (χ1) is 12.8. The summed E-state index contributed by atoms with van der Waals surface area (Å²) in [6.07, 6.45) is 0. The van der Waals surface area contributed by atoms with Crippen molar-refractivity contribution in [3.63, 3.8) is 0 Å². The van der Waals surface area contributed by atoms with Gasteiger partial charge in [0.25, 0.3) is 5.91 Å². The van der Waals surface area contributed by atoms with E-state index >= 15 is 0 Å². The number of nitrogens with zero attached hydrogens (tertiary/aromatic N) is 2. The van der Waals surface area contributed by atoms with E-state index < -0.39 is 15.7 Å². The van der Waals surface area contributed by atoms with Gasteiger partial charge in [-0.1, -0.05) is 30.4 Å². The third kappa shape index (κ3) is 3.54. The Bertz CT molecular complexity index is 1200. The number of thiazole rings is 1. The van der Waals surface area contributed by atoms with Gasteiger partial charge in [-0.15, -0.1) is 0 Å². The van der Waals surface area contributed by atoms with Crippen molar-refractivity contribution in [1.82, 2.24) is 4.57 Å². The Hall–Kier alpha value is -2.45. The molecular formula is C19H20N2O4S2. The van der Waals surface area contributed by atoms with Crippen LogP contribution in [0, 0.1) is 6.92 Å². The summed E-state index contributed by atoms with van der Waals surface area (Å²) in [5.74, 6) is 0.202. The summed E-state index contributed by atoms with van der Waals surface area (Å²) >= 11 is 1.39. The highest BCUT2D eigenvalue weighted by Crippen LogP contribution is 2.29. The van der Waals surface area contributed by atoms with Crippen LogP contribution >= 0.6 is 11.3 Å². The minimum atomic E-state index is -3.38. The number of carbonyl (C=O) groups excluding carboxylic acids is 1. The van der Waals surface area contributed by atoms with Gasteiger partial charge in [0.1, 0.15) is 11.3 Å². The Morgan fingerprint density at radius 2 is 2.00 bits per heavy atom. The molecule has 0 aliphatic rings. The summed E-state index contributed by atoms with van der Waals surface area (Å²) in [6.45, 7) is 3.56. The molecule has 0 aliphatic carbocycles. The van der Waals surface area contributed by atoms with Crippen molar-refractivity contribution in [3.8, 4) is 5.75 Å². The molecule has 0 aliphatic heterocycles. The lowest BCUT2D eigenvalue weighted by atomic mass is 10.2. The van der Waals surface area contributed by atoms with Crippen LogP contribution in [0.15, 0.2) is 46.3 Å². The highest BCUT2D eigenvalue weighted by Gasteiger charge is 2.15. The normalized spacial score (nSPS) is 12.5. The van der Waals surface area contributed by atoms with E-state index in [1.807, 2.05) is 30.7 Å². The molecule has 0 bridgehead atoms. The van der Waals surface area contributed by atoms with E-state index in [1.165, 1.54) is 23.5 Å². The second-order valence-electron chi connectivity index (χ2n) is 6.05. The number of aromatic nitrogens is 1. The Morgan fingerprint density at radius 3 is 2.67 bits per heavy atom. The smallest absolute Gasteiger partial charge is 0.279 e. The fraction of sp³-hybridized carbons (Fsp3) is 0.263. The first-order valence-corrected chi connectivity index (χ1v) is 10.8. The van der Waals surface area contributed by atoms with Gasteiger partial charge < -0.3 is 9.30 Å². The molecule has 27 heavy (non-hydrogen) atoms. The van der Waals surface area contributed by atoms with Gasteiger partial charge in [0.15, 0.2) is 14.6 Å². The van der Waals surface area contributed by atoms with Crippen LogP contribution in [0.2, 0.25) is 0 Å². The predicted molar refractivity (Wildman–Crippen MR) is 106 cm³/mol. The molecule has 1 heterocycles. The molecule has 3 rings (SSSR count). The molecular weight excluding hydrogens is 384 g/mol. The van der Waals surface area contributed by atoms with Crippen LogP contribution < -0.4 is 9.54 Å². The van der Waals surface area contributed by atoms with Crippen LogP contribution in [0.1, 0.15) is 22.8 Å². The van der Waals surface area contributed by atoms with Crippen LogP contribution in [0.5, 0.6) is 5.75 Å². The quantitative estimate of drug-likeness (QED) is 0.669. The van der Waals surface area contributed by atoms with Crippen LogP contribution in [-0.2, 0) is 16.9 Å². The molecule has 0 fully saturated rings. The second kappa shape index (κ2) is 7.28. The number of hydrogen-bond acceptors (Lipinski definition) is 5. The average Bonchev–Trinajstić information content (AvgIpc) is 3.00. The Balaban J connectivity index is 2.13. The van der Waals surface area contributed by atoms with Crippen molar-refractivity contribution >= 4 is 37.3 Å². The van der Waals surface area contributed by atoms with Gasteiger partial charge in [0.2, 0.25) is 0 Å². The summed E-state index contributed by atoms with van der Waals surface area (Å²) in [6, 6.07) is 9.84. The SMILES string of the molecule is CCS(=O)(=O)c1cccc(C(=O)N=c2sc3c(C)ccc(OC)c3n2C)c1. The number of benzene rings is 2. The first-order valence-electron chi connectivity index (χ1n) is 8.33. The Morgan fingerprint density at radius 1 is 1.26 bits per heavy atom. The third-order valence-corrected chi connectivity index (χ3v) is 7.34. The largest absolute Gasteiger partial charge is 0.495 e. The molecule has 8 heteroatoms. The Kier molecular flexibility index (Phi) is 5.21. The maximum Gasteiger partial charge on any atom is 0.279 e. The average molecular weight is 405 g/mol. The van der Waals surface area contributed by atoms with Crippen LogP contribution in [-0.4, -0.2) is 31.8 Å². The van der Waals surface area contributed by atoms with Crippen LogP contribution in [0.4, 0.5) is 0 Å². The van der Waals surface area contributed by atoms with E-state index in [4.69, 9.17) is 4.74 Å². The van der Waals surface area contributed by atoms with Gasteiger partial charge in [-0.2, -0.15) is 4.99 Å². The zero-order valence-corrected chi connectivity index (χ0v) is 17.1. The van der Waals surface area contributed by atoms with Crippen molar-refractivity contribution in [3.05, 3.63) is 52.3 Å². The Labute approximate surface area is 161 Å². The molecule has 1 amide bonds. The topological polar surface area (TPSA) is 77.7 Å². The molecule has 6 nitrogen and oxygen atoms in total. The van der Waals surface area contributed by atoms with Crippen molar-refractivity contribution in [1.29, 1.82) is 0 Å². The minimum Gasteiger partial charge on any atom is -0.495 e. The van der Waals surface area contributed by atoms with Crippen molar-refractivity contribution in [2.45, 2.75) is 18.7 Å². The molecule has 0 saturated heterocycles. The molecule has 2 aromatic carbocycles. The van der Waals surface area contributed by atoms with Gasteiger partial charge >= 0.3 is 0 Å². The fourth-order valence-corrected chi connectivity index (χ4v) is 4.79. The third-order valence-electron chi connectivity index (χ3n) is 4.34. The lowest BCUT2D eigenvalue weighted by Crippen LogP contribution is -2.14. The van der Waals surface area contributed by atoms with Gasteiger partial charge in [-0.05, 0) is 36.8 Å². The zero-order chi connectivity index (χ0) is 19.8. The predicted octanol–water partition coefficient (Wildman–Crippen LogP) is 3.09. The summed E-state index contributed by atoms with van der Waals surface area (Å²) in [7, 11) is 0.0415. The van der Waals surface area contributed by atoms with E-state index in [0.29, 0.717) is 10.6 Å². The molecule has 0 saturated carbocycles. The van der Waals surface area contributed by atoms with Gasteiger partial charge in [0, 0.05) is 12.6 Å². The number of carbonyl (C=O) groups is 1. The number of aryl methyl sites for hydroxylation is 2. The van der Waals surface area contributed by atoms with E-state index in [9.17, 15) is 13.2 Å². The number of methoxy groups -OCH3 is 1. The van der Waals surface area contributed by atoms with Crippen molar-refractivity contribution in [2.75, 3.05) is 12.9 Å². The summed E-state index contributed by atoms with van der Waals surface area (Å²) in [5, 5.41) is 0. The maximum absolute atomic E-state index is 12.7. The van der Waals surface area contributed by atoms with Gasteiger partial charge in [0.05, 0.1) is 22.5 Å².